The van der Waals surface area contributed by atoms with Gasteiger partial charge in [-0.25, -0.2) is 0 Å². The van der Waals surface area contributed by atoms with E-state index in [0.717, 1.165) is 17.3 Å². The van der Waals surface area contributed by atoms with Gasteiger partial charge in [-0.1, -0.05) is 65.7 Å². The molecule has 1 aliphatic heterocycles. The Kier molecular flexibility index (Phi) is 6.95. The molecule has 0 unspecified atom stereocenters. The molecule has 1 aliphatic rings. The van der Waals surface area contributed by atoms with Crippen LogP contribution in [-0.4, -0.2) is 17.0 Å². The largest absolute Gasteiger partial charge is 0.487 e. The molecule has 4 rings (SSSR count). The molecule has 32 heavy (non-hydrogen) atoms. The highest BCUT2D eigenvalue weighted by Gasteiger charge is 2.25. The van der Waals surface area contributed by atoms with Crippen molar-refractivity contribution in [1.29, 1.82) is 0 Å². The van der Waals surface area contributed by atoms with Crippen molar-refractivity contribution in [3.63, 3.8) is 0 Å². The third-order valence-electron chi connectivity index (χ3n) is 4.47. The summed E-state index contributed by atoms with van der Waals surface area (Å²) in [7, 11) is 0. The van der Waals surface area contributed by atoms with Crippen LogP contribution in [0.5, 0.6) is 5.75 Å². The molecule has 1 N–H and O–H groups in total. The molecule has 0 atom stereocenters. The molecule has 1 fully saturated rings. The number of thioether (sulfide) groups is 1. The quantitative estimate of drug-likeness (QED) is 0.454. The molecule has 1 heterocycles. The Morgan fingerprint density at radius 3 is 2.50 bits per heavy atom. The number of benzene rings is 3. The Hall–Kier alpha value is -3.06. The minimum atomic E-state index is -0.419. The summed E-state index contributed by atoms with van der Waals surface area (Å²) in [6.07, 6.45) is 1.68. The van der Waals surface area contributed by atoms with E-state index in [0.29, 0.717) is 31.8 Å². The number of nitrogens with zero attached hydrogens (tertiary/aromatic N) is 1. The van der Waals surface area contributed by atoms with Crippen LogP contribution in [0.1, 0.15) is 21.5 Å². The highest BCUT2D eigenvalue weighted by Crippen LogP contribution is 2.31. The lowest BCUT2D eigenvalue weighted by Crippen LogP contribution is -2.20. The molecular weight excluding hydrogens is 467 g/mol. The summed E-state index contributed by atoms with van der Waals surface area (Å²) in [4.78, 5) is 28.9. The van der Waals surface area contributed by atoms with E-state index < -0.39 is 5.91 Å². The smallest absolute Gasteiger partial charge is 0.279 e. The van der Waals surface area contributed by atoms with Gasteiger partial charge in [-0.3, -0.25) is 9.59 Å². The lowest BCUT2D eigenvalue weighted by Gasteiger charge is -2.10. The van der Waals surface area contributed by atoms with Gasteiger partial charge in [-0.15, -0.1) is 0 Å². The van der Waals surface area contributed by atoms with Gasteiger partial charge in [0.15, 0.2) is 5.17 Å². The number of ether oxygens (including phenoxy) is 1. The Morgan fingerprint density at radius 2 is 1.75 bits per heavy atom. The lowest BCUT2D eigenvalue weighted by atomic mass is 10.2. The van der Waals surface area contributed by atoms with E-state index in [9.17, 15) is 9.59 Å². The molecule has 8 heteroatoms. The predicted molar refractivity (Wildman–Crippen MR) is 129 cm³/mol. The third kappa shape index (κ3) is 5.40. The number of carbonyl (C=O) groups excluding carboxylic acids is 2. The molecule has 160 valence electrons. The average molecular weight is 483 g/mol. The van der Waals surface area contributed by atoms with Crippen molar-refractivity contribution in [1.82, 2.24) is 5.32 Å². The molecule has 5 nitrogen and oxygen atoms in total. The highest BCUT2D eigenvalue weighted by atomic mass is 35.5. The van der Waals surface area contributed by atoms with Gasteiger partial charge in [0.2, 0.25) is 0 Å². The maximum atomic E-state index is 12.3. The van der Waals surface area contributed by atoms with E-state index >= 15 is 0 Å². The first kappa shape index (κ1) is 22.1. The number of amides is 2. The SMILES string of the molecule is O=C1NC(=NC(=O)c2ccccc2)S/C1=C\c1ccc(OCc2ccccc2Cl)c(Cl)c1. The monoisotopic (exact) mass is 482 g/mol. The number of carbonyl (C=O) groups is 2. The molecule has 1 saturated heterocycles. The van der Waals surface area contributed by atoms with Crippen LogP contribution in [0, 0.1) is 0 Å². The van der Waals surface area contributed by atoms with E-state index in [-0.39, 0.29) is 17.7 Å². The summed E-state index contributed by atoms with van der Waals surface area (Å²) in [5, 5.41) is 3.87. The van der Waals surface area contributed by atoms with Crippen molar-refractivity contribution in [2.75, 3.05) is 0 Å². The van der Waals surface area contributed by atoms with Gasteiger partial charge in [-0.2, -0.15) is 4.99 Å². The minimum Gasteiger partial charge on any atom is -0.487 e. The summed E-state index contributed by atoms with van der Waals surface area (Å²) < 4.78 is 5.77. The van der Waals surface area contributed by atoms with E-state index in [2.05, 4.69) is 10.3 Å². The zero-order chi connectivity index (χ0) is 22.5. The highest BCUT2D eigenvalue weighted by molar-refractivity contribution is 8.18. The normalized spacial score (nSPS) is 15.8. The van der Waals surface area contributed by atoms with Crippen LogP contribution in [0.25, 0.3) is 6.08 Å². The molecular formula is C24H16Cl2N2O3S. The molecule has 2 amide bonds. The molecule has 3 aromatic carbocycles. The van der Waals surface area contributed by atoms with Crippen molar-refractivity contribution < 1.29 is 14.3 Å². The van der Waals surface area contributed by atoms with Crippen molar-refractivity contribution in [2.45, 2.75) is 6.61 Å². The Bertz CT molecular complexity index is 1240. The lowest BCUT2D eigenvalue weighted by molar-refractivity contribution is -0.115. The second-order valence-corrected chi connectivity index (χ2v) is 8.57. The second kappa shape index (κ2) is 10.0. The van der Waals surface area contributed by atoms with Crippen molar-refractivity contribution >= 4 is 58.0 Å². The van der Waals surface area contributed by atoms with E-state index in [1.165, 1.54) is 0 Å². The molecule has 0 spiro atoms. The van der Waals surface area contributed by atoms with E-state index in [1.54, 1.807) is 54.6 Å². The molecule has 0 bridgehead atoms. The Morgan fingerprint density at radius 1 is 1.00 bits per heavy atom. The summed E-state index contributed by atoms with van der Waals surface area (Å²) >= 11 is 13.6. The van der Waals surface area contributed by atoms with Gasteiger partial charge in [0.05, 0.1) is 9.93 Å². The van der Waals surface area contributed by atoms with Gasteiger partial charge in [0.1, 0.15) is 12.4 Å². The summed E-state index contributed by atoms with van der Waals surface area (Å²) in [5.41, 5.74) is 2.02. The Balaban J connectivity index is 1.45. The van der Waals surface area contributed by atoms with Gasteiger partial charge in [0, 0.05) is 16.1 Å². The van der Waals surface area contributed by atoms with Crippen LogP contribution in [0.3, 0.4) is 0 Å². The van der Waals surface area contributed by atoms with Gasteiger partial charge in [-0.05, 0) is 53.7 Å². The fourth-order valence-corrected chi connectivity index (χ4v) is 4.12. The Labute approximate surface area is 199 Å². The van der Waals surface area contributed by atoms with Crippen molar-refractivity contribution in [3.8, 4) is 5.75 Å². The van der Waals surface area contributed by atoms with Gasteiger partial charge < -0.3 is 10.1 Å². The van der Waals surface area contributed by atoms with Crippen LogP contribution in [-0.2, 0) is 11.4 Å². The first-order valence-corrected chi connectivity index (χ1v) is 11.1. The van der Waals surface area contributed by atoms with Crippen LogP contribution in [0.15, 0.2) is 82.7 Å². The number of nitrogens with one attached hydrogen (secondary N) is 1. The van der Waals surface area contributed by atoms with Gasteiger partial charge >= 0.3 is 0 Å². The summed E-state index contributed by atoms with van der Waals surface area (Å²) in [6, 6.07) is 21.3. The molecule has 0 saturated carbocycles. The fraction of sp³-hybridized carbons (Fsp3) is 0.0417. The number of aliphatic imine (C=N–C) groups is 1. The molecule has 3 aromatic rings. The number of hydrogen-bond acceptors (Lipinski definition) is 4. The van der Waals surface area contributed by atoms with Crippen molar-refractivity contribution in [3.05, 3.63) is 104 Å². The second-order valence-electron chi connectivity index (χ2n) is 6.72. The summed E-state index contributed by atoms with van der Waals surface area (Å²) in [5.74, 6) is -0.240. The first-order chi connectivity index (χ1) is 15.5. The predicted octanol–water partition coefficient (Wildman–Crippen LogP) is 5.97. The standard InChI is InChI=1S/C24H16Cl2N2O3S/c25-18-9-5-4-8-17(18)14-31-20-11-10-15(12-19(20)26)13-21-23(30)28-24(32-21)27-22(29)16-6-2-1-3-7-16/h1-13H,14H2,(H,27,28,29,30)/b21-13-. The van der Waals surface area contributed by atoms with E-state index in [1.807, 2.05) is 24.3 Å². The molecule has 0 radical (unpaired) electrons. The number of amidine groups is 1. The minimum absolute atomic E-state index is 0.237. The zero-order valence-corrected chi connectivity index (χ0v) is 18.9. The first-order valence-electron chi connectivity index (χ1n) is 9.54. The van der Waals surface area contributed by atoms with Crippen LogP contribution < -0.4 is 10.1 Å². The van der Waals surface area contributed by atoms with Gasteiger partial charge in [0.25, 0.3) is 11.8 Å². The third-order valence-corrected chi connectivity index (χ3v) is 6.04. The fourth-order valence-electron chi connectivity index (χ4n) is 2.86. The molecule has 0 aromatic heterocycles. The molecule has 0 aliphatic carbocycles. The number of halogens is 2. The zero-order valence-electron chi connectivity index (χ0n) is 16.5. The van der Waals surface area contributed by atoms with E-state index in [4.69, 9.17) is 27.9 Å². The van der Waals surface area contributed by atoms with Crippen LogP contribution in [0.2, 0.25) is 10.0 Å². The van der Waals surface area contributed by atoms with Crippen LogP contribution in [0.4, 0.5) is 0 Å². The summed E-state index contributed by atoms with van der Waals surface area (Å²) in [6.45, 7) is 0.285. The van der Waals surface area contributed by atoms with Crippen molar-refractivity contribution in [2.24, 2.45) is 4.99 Å². The average Bonchev–Trinajstić information content (AvgIpc) is 3.13. The number of hydrogen-bond donors (Lipinski definition) is 1. The maximum Gasteiger partial charge on any atom is 0.279 e. The number of rotatable bonds is 5. The van der Waals surface area contributed by atoms with Crippen LogP contribution >= 0.6 is 35.0 Å². The topological polar surface area (TPSA) is 67.8 Å². The maximum absolute atomic E-state index is 12.3.